The minimum Gasteiger partial charge on any atom is -0.360 e. The second-order valence-corrected chi connectivity index (χ2v) is 17.5. The molecule has 0 aromatic carbocycles. The summed E-state index contributed by atoms with van der Waals surface area (Å²) in [7, 11) is -2.32. The van der Waals surface area contributed by atoms with Gasteiger partial charge in [0.15, 0.2) is 0 Å². The van der Waals surface area contributed by atoms with Gasteiger partial charge in [0, 0.05) is 20.9 Å². The number of aromatic nitrogens is 2. The van der Waals surface area contributed by atoms with Gasteiger partial charge in [-0.1, -0.05) is 45.2 Å². The van der Waals surface area contributed by atoms with Gasteiger partial charge in [-0.2, -0.15) is 5.10 Å². The summed E-state index contributed by atoms with van der Waals surface area (Å²) < 4.78 is 7.47. The first kappa shape index (κ1) is 16.2. The van der Waals surface area contributed by atoms with Crippen LogP contribution in [-0.4, -0.2) is 32.5 Å². The van der Waals surface area contributed by atoms with Crippen LogP contribution in [0, 0.1) is 11.5 Å². The van der Waals surface area contributed by atoms with Crippen LogP contribution in [0.25, 0.3) is 0 Å². The molecule has 0 aliphatic rings. The van der Waals surface area contributed by atoms with E-state index in [0.717, 1.165) is 12.3 Å². The molecule has 1 aromatic rings. The summed E-state index contributed by atoms with van der Waals surface area (Å²) in [5.74, 6) is 3.15. The summed E-state index contributed by atoms with van der Waals surface area (Å²) in [6, 6.07) is 3.14. The maximum atomic E-state index is 5.65. The van der Waals surface area contributed by atoms with Gasteiger partial charge >= 0.3 is 0 Å². The van der Waals surface area contributed by atoms with Crippen LogP contribution in [0.15, 0.2) is 12.3 Å². The zero-order valence-corrected chi connectivity index (χ0v) is 15.1. The van der Waals surface area contributed by atoms with Gasteiger partial charge in [-0.25, -0.2) is 4.68 Å². The molecule has 19 heavy (non-hydrogen) atoms. The van der Waals surface area contributed by atoms with E-state index in [0.29, 0.717) is 6.73 Å². The molecular weight excluding hydrogens is 268 g/mol. The molecule has 3 nitrogen and oxygen atoms in total. The highest BCUT2D eigenvalue weighted by Gasteiger charge is 2.12. The smallest absolute Gasteiger partial charge is 0.139 e. The highest BCUT2D eigenvalue weighted by molar-refractivity contribution is 6.83. The summed E-state index contributed by atoms with van der Waals surface area (Å²) in [5, 5.41) is 4.40. The first-order valence-corrected chi connectivity index (χ1v) is 14.0. The topological polar surface area (TPSA) is 27.1 Å². The fraction of sp³-hybridized carbons (Fsp3) is 0.643. The monoisotopic (exact) mass is 294 g/mol. The van der Waals surface area contributed by atoms with Gasteiger partial charge in [0.2, 0.25) is 0 Å². The Morgan fingerprint density at radius 3 is 2.47 bits per heavy atom. The molecule has 0 saturated carbocycles. The molecule has 0 spiro atoms. The molecule has 0 amide bonds. The summed E-state index contributed by atoms with van der Waals surface area (Å²) in [4.78, 5) is 0. The molecule has 0 saturated heterocycles. The Labute approximate surface area is 119 Å². The van der Waals surface area contributed by atoms with Crippen LogP contribution in [-0.2, 0) is 11.5 Å². The third-order valence-corrected chi connectivity index (χ3v) is 5.01. The Kier molecular flexibility index (Phi) is 5.59. The van der Waals surface area contributed by atoms with E-state index in [1.807, 2.05) is 16.9 Å². The molecule has 0 fully saturated rings. The minimum absolute atomic E-state index is 0.527. The van der Waals surface area contributed by atoms with Crippen LogP contribution >= 0.6 is 0 Å². The maximum Gasteiger partial charge on any atom is 0.139 e. The second kappa shape index (κ2) is 6.55. The first-order chi connectivity index (χ1) is 8.66. The third kappa shape index (κ3) is 8.03. The molecule has 0 atom stereocenters. The largest absolute Gasteiger partial charge is 0.360 e. The zero-order chi connectivity index (χ0) is 14.5. The van der Waals surface area contributed by atoms with Crippen molar-refractivity contribution < 1.29 is 4.74 Å². The van der Waals surface area contributed by atoms with Crippen molar-refractivity contribution >= 4 is 16.1 Å². The molecule has 0 N–H and O–H groups in total. The van der Waals surface area contributed by atoms with E-state index in [-0.39, 0.29) is 0 Å². The van der Waals surface area contributed by atoms with E-state index in [1.54, 1.807) is 0 Å². The molecule has 106 valence electrons. The predicted octanol–water partition coefficient (Wildman–Crippen LogP) is 3.42. The van der Waals surface area contributed by atoms with E-state index in [4.69, 9.17) is 4.74 Å². The lowest BCUT2D eigenvalue weighted by Gasteiger charge is -2.15. The van der Waals surface area contributed by atoms with E-state index in [1.165, 1.54) is 6.04 Å². The van der Waals surface area contributed by atoms with Crippen molar-refractivity contribution in [2.45, 2.75) is 52.1 Å². The molecule has 1 heterocycles. The van der Waals surface area contributed by atoms with Gasteiger partial charge in [-0.05, 0) is 12.1 Å². The quantitative estimate of drug-likeness (QED) is 0.473. The molecule has 5 heteroatoms. The predicted molar refractivity (Wildman–Crippen MR) is 86.6 cm³/mol. The standard InChI is InChI=1S/C14H26N2OSi2/c1-18(2,3)11-8-14-7-9-16(15-14)13-17-10-12-19(4,5)6/h7,9H,10,12-13H2,1-6H3. The van der Waals surface area contributed by atoms with Gasteiger partial charge in [0.1, 0.15) is 20.5 Å². The maximum absolute atomic E-state index is 5.65. The third-order valence-electron chi connectivity index (χ3n) is 2.43. The van der Waals surface area contributed by atoms with Crippen molar-refractivity contribution in [2.75, 3.05) is 6.61 Å². The van der Waals surface area contributed by atoms with E-state index in [9.17, 15) is 0 Å². The molecular formula is C14H26N2OSi2. The van der Waals surface area contributed by atoms with Crippen LogP contribution in [0.5, 0.6) is 0 Å². The Bertz CT molecular complexity index is 458. The van der Waals surface area contributed by atoms with Crippen molar-refractivity contribution in [3.05, 3.63) is 18.0 Å². The number of hydrogen-bond donors (Lipinski definition) is 0. The van der Waals surface area contributed by atoms with Crippen molar-refractivity contribution in [1.82, 2.24) is 9.78 Å². The number of ether oxygens (including phenoxy) is 1. The fourth-order valence-electron chi connectivity index (χ4n) is 1.29. The van der Waals surface area contributed by atoms with Crippen molar-refractivity contribution in [2.24, 2.45) is 0 Å². The number of hydrogen-bond acceptors (Lipinski definition) is 2. The number of rotatable bonds is 5. The molecule has 0 aliphatic heterocycles. The van der Waals surface area contributed by atoms with Gasteiger partial charge in [0.05, 0.1) is 0 Å². The zero-order valence-electron chi connectivity index (χ0n) is 13.1. The molecule has 0 unspecified atom stereocenters. The highest BCUT2D eigenvalue weighted by Crippen LogP contribution is 2.07. The average Bonchev–Trinajstić information content (AvgIpc) is 2.67. The van der Waals surface area contributed by atoms with Crippen LogP contribution < -0.4 is 0 Å². The Balaban J connectivity index is 2.41. The molecule has 1 aromatic heterocycles. The summed E-state index contributed by atoms with van der Waals surface area (Å²) in [6.07, 6.45) is 1.93. The van der Waals surface area contributed by atoms with Gasteiger partial charge in [-0.3, -0.25) is 0 Å². The van der Waals surface area contributed by atoms with Gasteiger partial charge < -0.3 is 4.74 Å². The summed E-state index contributed by atoms with van der Waals surface area (Å²) in [5.41, 5.74) is 4.16. The lowest BCUT2D eigenvalue weighted by atomic mass is 10.5. The van der Waals surface area contributed by atoms with Crippen LogP contribution in [0.1, 0.15) is 5.69 Å². The molecule has 0 bridgehead atoms. The van der Waals surface area contributed by atoms with Crippen LogP contribution in [0.3, 0.4) is 0 Å². The van der Waals surface area contributed by atoms with Gasteiger partial charge in [-0.15, -0.1) is 5.54 Å². The van der Waals surface area contributed by atoms with Crippen LogP contribution in [0.2, 0.25) is 45.3 Å². The van der Waals surface area contributed by atoms with E-state index >= 15 is 0 Å². The van der Waals surface area contributed by atoms with Crippen molar-refractivity contribution in [3.63, 3.8) is 0 Å². The molecule has 0 aliphatic carbocycles. The van der Waals surface area contributed by atoms with Crippen molar-refractivity contribution in [3.8, 4) is 11.5 Å². The Hall–Kier alpha value is -0.836. The summed E-state index contributed by atoms with van der Waals surface area (Å²) in [6.45, 7) is 15.1. The first-order valence-electron chi connectivity index (χ1n) is 6.80. The lowest BCUT2D eigenvalue weighted by Crippen LogP contribution is -2.22. The molecule has 0 radical (unpaired) electrons. The van der Waals surface area contributed by atoms with Crippen molar-refractivity contribution in [1.29, 1.82) is 0 Å². The second-order valence-electron chi connectivity index (χ2n) is 7.09. The SMILES string of the molecule is C[Si](C)(C)C#Cc1ccn(COCC[Si](C)(C)C)n1. The normalized spacial score (nSPS) is 12.1. The van der Waals surface area contributed by atoms with Gasteiger partial charge in [0.25, 0.3) is 0 Å². The van der Waals surface area contributed by atoms with E-state index < -0.39 is 16.1 Å². The molecule has 1 rings (SSSR count). The Morgan fingerprint density at radius 1 is 1.21 bits per heavy atom. The summed E-state index contributed by atoms with van der Waals surface area (Å²) >= 11 is 0. The van der Waals surface area contributed by atoms with E-state index in [2.05, 4.69) is 55.8 Å². The highest BCUT2D eigenvalue weighted by atomic mass is 28.3. The number of nitrogens with zero attached hydrogens (tertiary/aromatic N) is 2. The average molecular weight is 295 g/mol. The lowest BCUT2D eigenvalue weighted by molar-refractivity contribution is 0.0785. The Morgan fingerprint density at radius 2 is 1.89 bits per heavy atom. The fourth-order valence-corrected chi connectivity index (χ4v) is 2.55. The van der Waals surface area contributed by atoms with Crippen LogP contribution in [0.4, 0.5) is 0 Å². The minimum atomic E-state index is -1.32.